The molecule has 0 radical (unpaired) electrons. The first-order valence-electron chi connectivity index (χ1n) is 5.64. The summed E-state index contributed by atoms with van der Waals surface area (Å²) in [6.07, 6.45) is 3.86. The summed E-state index contributed by atoms with van der Waals surface area (Å²) in [6, 6.07) is 16.4. The molecule has 1 aliphatic carbocycles. The number of nitrogens with two attached hydrogens (primary N) is 2. The second-order valence-electron chi connectivity index (χ2n) is 4.40. The van der Waals surface area contributed by atoms with Crippen molar-refractivity contribution in [3.05, 3.63) is 65.7 Å². The average Bonchev–Trinajstić information content (AvgIpc) is 2.67. The molecular formula is C15H14N2. The molecule has 0 spiro atoms. The van der Waals surface area contributed by atoms with E-state index < -0.39 is 5.66 Å². The minimum Gasteiger partial charge on any atom is -0.306 e. The normalized spacial score (nSPS) is 15.9. The van der Waals surface area contributed by atoms with Crippen LogP contribution in [0.15, 0.2) is 54.6 Å². The van der Waals surface area contributed by atoms with E-state index >= 15 is 0 Å². The van der Waals surface area contributed by atoms with Crippen LogP contribution in [0.5, 0.6) is 0 Å². The Kier molecular flexibility index (Phi) is 2.15. The molecule has 0 bridgehead atoms. The first-order chi connectivity index (χ1) is 8.18. The molecule has 2 heteroatoms. The van der Waals surface area contributed by atoms with Crippen LogP contribution in [-0.4, -0.2) is 0 Å². The van der Waals surface area contributed by atoms with E-state index in [1.54, 1.807) is 0 Å². The molecule has 0 heterocycles. The third kappa shape index (κ3) is 1.58. The Morgan fingerprint density at radius 2 is 1.59 bits per heavy atom. The van der Waals surface area contributed by atoms with Crippen LogP contribution in [0.2, 0.25) is 0 Å². The predicted octanol–water partition coefficient (Wildman–Crippen LogP) is 2.45. The molecule has 0 aliphatic heterocycles. The monoisotopic (exact) mass is 222 g/mol. The number of fused-ring (bicyclic) bond motifs is 1. The zero-order valence-corrected chi connectivity index (χ0v) is 9.43. The van der Waals surface area contributed by atoms with Gasteiger partial charge in [-0.15, -0.1) is 0 Å². The highest BCUT2D eigenvalue weighted by Crippen LogP contribution is 2.35. The maximum Gasteiger partial charge on any atom is 0.110 e. The number of benzene rings is 2. The molecule has 0 fully saturated rings. The van der Waals surface area contributed by atoms with E-state index in [1.807, 2.05) is 42.5 Å². The van der Waals surface area contributed by atoms with E-state index in [-0.39, 0.29) is 0 Å². The lowest BCUT2D eigenvalue weighted by molar-refractivity contribution is 0.604. The first kappa shape index (κ1) is 10.3. The lowest BCUT2D eigenvalue weighted by Gasteiger charge is -2.19. The highest BCUT2D eigenvalue weighted by atomic mass is 15.0. The highest BCUT2D eigenvalue weighted by molar-refractivity contribution is 5.80. The number of hydrogen-bond acceptors (Lipinski definition) is 2. The summed E-state index contributed by atoms with van der Waals surface area (Å²) >= 11 is 0. The Labute approximate surface area is 101 Å². The summed E-state index contributed by atoms with van der Waals surface area (Å²) in [7, 11) is 0. The van der Waals surface area contributed by atoms with Gasteiger partial charge in [-0.05, 0) is 28.3 Å². The fraction of sp³-hybridized carbons (Fsp3) is 0.0667. The van der Waals surface area contributed by atoms with Gasteiger partial charge in [0.05, 0.1) is 0 Å². The van der Waals surface area contributed by atoms with Crippen LogP contribution in [0.3, 0.4) is 0 Å². The molecule has 2 aromatic rings. The molecule has 4 N–H and O–H groups in total. The van der Waals surface area contributed by atoms with Gasteiger partial charge in [-0.1, -0.05) is 54.6 Å². The van der Waals surface area contributed by atoms with Crippen LogP contribution < -0.4 is 11.5 Å². The smallest absolute Gasteiger partial charge is 0.110 e. The van der Waals surface area contributed by atoms with Crippen molar-refractivity contribution in [2.24, 2.45) is 11.5 Å². The molecule has 0 aromatic heterocycles. The molecule has 0 unspecified atom stereocenters. The zero-order valence-electron chi connectivity index (χ0n) is 9.43. The maximum absolute atomic E-state index is 6.03. The van der Waals surface area contributed by atoms with Crippen LogP contribution in [-0.2, 0) is 5.66 Å². The number of hydrogen-bond donors (Lipinski definition) is 2. The zero-order chi connectivity index (χ0) is 11.9. The van der Waals surface area contributed by atoms with Gasteiger partial charge in [0.15, 0.2) is 0 Å². The van der Waals surface area contributed by atoms with E-state index in [1.165, 1.54) is 11.1 Å². The number of rotatable bonds is 1. The van der Waals surface area contributed by atoms with Gasteiger partial charge in [-0.3, -0.25) is 0 Å². The van der Waals surface area contributed by atoms with Gasteiger partial charge in [0, 0.05) is 0 Å². The van der Waals surface area contributed by atoms with Crippen LogP contribution in [0.4, 0.5) is 0 Å². The third-order valence-corrected chi connectivity index (χ3v) is 3.18. The molecule has 17 heavy (non-hydrogen) atoms. The second-order valence-corrected chi connectivity index (χ2v) is 4.40. The summed E-state index contributed by atoms with van der Waals surface area (Å²) in [5, 5.41) is 0. The van der Waals surface area contributed by atoms with Crippen molar-refractivity contribution in [1.82, 2.24) is 0 Å². The van der Waals surface area contributed by atoms with Gasteiger partial charge in [-0.25, -0.2) is 0 Å². The van der Waals surface area contributed by atoms with E-state index in [0.29, 0.717) is 0 Å². The van der Waals surface area contributed by atoms with E-state index in [2.05, 4.69) is 18.2 Å². The summed E-state index contributed by atoms with van der Waals surface area (Å²) in [6.45, 7) is 0. The lowest BCUT2D eigenvalue weighted by Crippen LogP contribution is -2.42. The predicted molar refractivity (Wildman–Crippen MR) is 71.0 cm³/mol. The minimum absolute atomic E-state index is 0.833. The SMILES string of the molecule is NC1(N)C=Cc2c(-c3ccccc3)cccc21. The van der Waals surface area contributed by atoms with E-state index in [4.69, 9.17) is 11.5 Å². The molecule has 1 aliphatic rings. The van der Waals surface area contributed by atoms with Crippen molar-refractivity contribution in [3.8, 4) is 11.1 Å². The standard InChI is InChI=1S/C15H14N2/c16-15(17)10-9-13-12(7-4-8-14(13)15)11-5-2-1-3-6-11/h1-10H,16-17H2. The molecule has 0 amide bonds. The van der Waals surface area contributed by atoms with Gasteiger partial charge in [0.2, 0.25) is 0 Å². The quantitative estimate of drug-likeness (QED) is 0.728. The van der Waals surface area contributed by atoms with Gasteiger partial charge >= 0.3 is 0 Å². The van der Waals surface area contributed by atoms with Crippen molar-refractivity contribution >= 4 is 6.08 Å². The third-order valence-electron chi connectivity index (χ3n) is 3.18. The van der Waals surface area contributed by atoms with Crippen molar-refractivity contribution in [3.63, 3.8) is 0 Å². The summed E-state index contributed by atoms with van der Waals surface area (Å²) in [5.41, 5.74) is 15.7. The molecule has 84 valence electrons. The average molecular weight is 222 g/mol. The first-order valence-corrected chi connectivity index (χ1v) is 5.64. The van der Waals surface area contributed by atoms with Crippen molar-refractivity contribution in [2.75, 3.05) is 0 Å². The van der Waals surface area contributed by atoms with Crippen LogP contribution in [0.1, 0.15) is 11.1 Å². The Morgan fingerprint density at radius 3 is 2.35 bits per heavy atom. The molecule has 3 rings (SSSR count). The summed E-state index contributed by atoms with van der Waals surface area (Å²) in [4.78, 5) is 0. The van der Waals surface area contributed by atoms with Crippen LogP contribution >= 0.6 is 0 Å². The fourth-order valence-electron chi connectivity index (χ4n) is 2.30. The molecule has 2 nitrogen and oxygen atoms in total. The Bertz CT molecular complexity index is 583. The van der Waals surface area contributed by atoms with Crippen molar-refractivity contribution in [1.29, 1.82) is 0 Å². The summed E-state index contributed by atoms with van der Waals surface area (Å²) < 4.78 is 0. The molecule has 0 saturated heterocycles. The molecular weight excluding hydrogens is 208 g/mol. The Balaban J connectivity index is 2.22. The van der Waals surface area contributed by atoms with Gasteiger partial charge < -0.3 is 11.5 Å². The fourth-order valence-corrected chi connectivity index (χ4v) is 2.30. The van der Waals surface area contributed by atoms with E-state index in [0.717, 1.165) is 11.1 Å². The largest absolute Gasteiger partial charge is 0.306 e. The van der Waals surface area contributed by atoms with E-state index in [9.17, 15) is 0 Å². The topological polar surface area (TPSA) is 52.0 Å². The van der Waals surface area contributed by atoms with Crippen LogP contribution in [0.25, 0.3) is 17.2 Å². The Morgan fingerprint density at radius 1 is 0.824 bits per heavy atom. The maximum atomic E-state index is 6.03. The highest BCUT2D eigenvalue weighted by Gasteiger charge is 2.27. The van der Waals surface area contributed by atoms with Crippen molar-refractivity contribution in [2.45, 2.75) is 5.66 Å². The summed E-state index contributed by atoms with van der Waals surface area (Å²) in [5.74, 6) is 0. The van der Waals surface area contributed by atoms with Gasteiger partial charge in [0.1, 0.15) is 5.66 Å². The lowest BCUT2D eigenvalue weighted by atomic mass is 9.94. The second kappa shape index (κ2) is 3.55. The molecule has 2 aromatic carbocycles. The molecule has 0 atom stereocenters. The van der Waals surface area contributed by atoms with Gasteiger partial charge in [0.25, 0.3) is 0 Å². The van der Waals surface area contributed by atoms with Crippen molar-refractivity contribution < 1.29 is 0 Å². The minimum atomic E-state index is -0.833. The van der Waals surface area contributed by atoms with Gasteiger partial charge in [-0.2, -0.15) is 0 Å². The molecule has 0 saturated carbocycles. The Hall–Kier alpha value is -1.90. The van der Waals surface area contributed by atoms with Crippen LogP contribution in [0, 0.1) is 0 Å².